The molecule has 75 heavy (non-hydrogen) atoms. The number of Topliss-reactive ketones (excluding diaryl/α,β-unsaturated/α-hetero) is 1. The van der Waals surface area contributed by atoms with E-state index in [0.29, 0.717) is 43.6 Å². The van der Waals surface area contributed by atoms with Crippen LogP contribution < -0.4 is 15.6 Å². The van der Waals surface area contributed by atoms with Gasteiger partial charge in [-0.3, -0.25) is 39.0 Å². The Balaban J connectivity index is 1.11. The Labute approximate surface area is 440 Å². The van der Waals surface area contributed by atoms with E-state index in [1.54, 1.807) is 38.1 Å². The summed E-state index contributed by atoms with van der Waals surface area (Å²) >= 11 is 0. The molecule has 6 bridgehead atoms. The number of aliphatic hydroxyl groups is 1. The van der Waals surface area contributed by atoms with Crippen molar-refractivity contribution < 1.29 is 47.3 Å². The second kappa shape index (κ2) is 21.8. The lowest BCUT2D eigenvalue weighted by Gasteiger charge is -2.41. The van der Waals surface area contributed by atoms with Gasteiger partial charge in [0.2, 0.25) is 5.91 Å². The molecule has 19 heteroatoms. The van der Waals surface area contributed by atoms with E-state index in [4.69, 9.17) is 19.2 Å². The van der Waals surface area contributed by atoms with Crippen LogP contribution in [0.15, 0.2) is 30.5 Å². The van der Waals surface area contributed by atoms with Crippen LogP contribution in [0.4, 0.5) is 14.5 Å². The number of nitrogens with zero attached hydrogens (tertiary/aromatic N) is 7. The van der Waals surface area contributed by atoms with Gasteiger partial charge >= 0.3 is 0 Å². The van der Waals surface area contributed by atoms with E-state index in [9.17, 15) is 24.3 Å². The number of ketones is 1. The van der Waals surface area contributed by atoms with E-state index >= 15 is 8.78 Å². The number of rotatable bonds is 11. The third-order valence-corrected chi connectivity index (χ3v) is 16.5. The Morgan fingerprint density at radius 3 is 2.47 bits per heavy atom. The summed E-state index contributed by atoms with van der Waals surface area (Å²) in [6.45, 7) is 17.3. The molecule has 3 amide bonds. The molecule has 1 aliphatic carbocycles. The normalized spacial score (nSPS) is 25.5. The lowest BCUT2D eigenvalue weighted by atomic mass is 9.84. The summed E-state index contributed by atoms with van der Waals surface area (Å²) in [5.74, 6) is 2.76. The molecule has 2 aromatic heterocycles. The molecule has 4 fully saturated rings. The van der Waals surface area contributed by atoms with E-state index in [1.807, 2.05) is 69.8 Å². The summed E-state index contributed by atoms with van der Waals surface area (Å²) in [6, 6.07) is 4.97. The molecule has 3 saturated heterocycles. The van der Waals surface area contributed by atoms with Crippen LogP contribution in [-0.4, -0.2) is 179 Å². The molecule has 410 valence electrons. The molecule has 3 N–H and O–H groups in total. The maximum Gasteiger partial charge on any atom is 0.260 e. The Morgan fingerprint density at radius 1 is 1.08 bits per heavy atom. The SMILES string of the molecule is CCn1c(-c2cccnc2[C@H](C)OC)c2c3cc(c(F)cc31)N1CCO[C@@H](C[C@H](NC(=O)[C@H](C(C)C)N(C)C(=O)C3(F)CCN(C(O)C#CC(C)(C)N(C)C)CC3)C(=O)N3CCC[C@]4(N3)C(=O)C4OCC(C)(C)C2)C1. The second-order valence-electron chi connectivity index (χ2n) is 23.2. The number of carbonyl (C=O) groups is 4. The number of ether oxygens (including phenoxy) is 3. The number of nitrogens with one attached hydrogen (secondary N) is 2. The fourth-order valence-electron chi connectivity index (χ4n) is 11.5. The molecular weight excluding hydrogens is 965 g/mol. The largest absolute Gasteiger partial charge is 0.375 e. The number of hydrogen-bond donors (Lipinski definition) is 3. The summed E-state index contributed by atoms with van der Waals surface area (Å²) < 4.78 is 54.6. The molecule has 8 rings (SSSR count). The van der Waals surface area contributed by atoms with E-state index in [2.05, 4.69) is 41.0 Å². The number of alkyl halides is 1. The zero-order valence-electron chi connectivity index (χ0n) is 46.0. The van der Waals surface area contributed by atoms with Crippen LogP contribution in [0.3, 0.4) is 0 Å². The average Bonchev–Trinajstić information content (AvgIpc) is 3.77. The number of likely N-dealkylation sites (N-methyl/N-ethyl adjacent to an activating group) is 1. The lowest BCUT2D eigenvalue weighted by Crippen LogP contribution is -2.63. The van der Waals surface area contributed by atoms with Crippen LogP contribution in [-0.2, 0) is 46.4 Å². The first kappa shape index (κ1) is 56.1. The van der Waals surface area contributed by atoms with Crippen LogP contribution in [0.5, 0.6) is 0 Å². The number of likely N-dealkylation sites (tertiary alicyclic amines) is 1. The fraction of sp³-hybridized carbons (Fsp3) is 0.661. The van der Waals surface area contributed by atoms with Gasteiger partial charge in [0, 0.05) is 95.9 Å². The number of aryl methyl sites for hydroxylation is 1. The molecule has 3 aromatic rings. The third kappa shape index (κ3) is 11.1. The van der Waals surface area contributed by atoms with Crippen molar-refractivity contribution >= 4 is 40.1 Å². The van der Waals surface area contributed by atoms with Crippen molar-refractivity contribution in [3.63, 3.8) is 0 Å². The number of morpholine rings is 1. The lowest BCUT2D eigenvalue weighted by molar-refractivity contribution is -0.155. The molecule has 6 heterocycles. The van der Waals surface area contributed by atoms with E-state index in [-0.39, 0.29) is 70.5 Å². The number of fused-ring (bicyclic) bond motifs is 5. The molecule has 1 saturated carbocycles. The highest BCUT2D eigenvalue weighted by Crippen LogP contribution is 2.45. The number of benzene rings is 1. The van der Waals surface area contributed by atoms with Crippen LogP contribution in [0.1, 0.15) is 105 Å². The number of hydrazine groups is 1. The summed E-state index contributed by atoms with van der Waals surface area (Å²) in [4.78, 5) is 69.3. The van der Waals surface area contributed by atoms with Crippen molar-refractivity contribution in [3.8, 4) is 23.1 Å². The summed E-state index contributed by atoms with van der Waals surface area (Å²) in [6.07, 6.45) is -0.337. The van der Waals surface area contributed by atoms with Crippen molar-refractivity contribution in [1.29, 1.82) is 0 Å². The first-order valence-electron chi connectivity index (χ1n) is 26.7. The fourth-order valence-corrected chi connectivity index (χ4v) is 11.5. The van der Waals surface area contributed by atoms with Crippen LogP contribution in [0.25, 0.3) is 22.2 Å². The van der Waals surface area contributed by atoms with Crippen molar-refractivity contribution in [1.82, 2.24) is 40.0 Å². The van der Waals surface area contributed by atoms with Crippen LogP contribution >= 0.6 is 0 Å². The van der Waals surface area contributed by atoms with Gasteiger partial charge in [0.15, 0.2) is 17.7 Å². The Morgan fingerprint density at radius 2 is 1.80 bits per heavy atom. The van der Waals surface area contributed by atoms with Crippen molar-refractivity contribution in [2.45, 2.75) is 154 Å². The molecule has 5 aliphatic rings. The first-order valence-corrected chi connectivity index (χ1v) is 26.7. The van der Waals surface area contributed by atoms with Gasteiger partial charge in [-0.05, 0) is 96.1 Å². The standard InChI is InChI=1S/C56H79F2N9O8/c1-13-66-42-30-40(57)43-29-38(42)39(47(66)37-16-14-22-59-45(37)35(4)73-12)31-53(5,6)33-75-49-48(69)56(49)18-15-23-67(61-56)51(71)41(28-36-32-65(43)26-27-74-36)60-50(70)46(34(2)3)63(11)52(72)55(58)20-24-64(25-21-55)44(68)17-19-54(7,8)62(9)10/h14,16,22,29-30,34-36,41,44,46,49,61,68H,13,15,18,20-21,23-28,31-33H2,1-12H3,(H,60,70)/t35-,36-,41-,44?,46-,49?,56-/m0/s1. The number of piperidine rings is 1. The Hall–Kier alpha value is -5.07. The maximum absolute atomic E-state index is 16.9. The number of hydrogen-bond acceptors (Lipinski definition) is 13. The van der Waals surface area contributed by atoms with Crippen LogP contribution in [0.2, 0.25) is 0 Å². The number of pyridine rings is 1. The molecule has 17 nitrogen and oxygen atoms in total. The maximum atomic E-state index is 16.9. The highest BCUT2D eigenvalue weighted by atomic mass is 19.1. The van der Waals surface area contributed by atoms with Crippen molar-refractivity contribution in [2.75, 3.05) is 79.1 Å². The van der Waals surface area contributed by atoms with Gasteiger partial charge < -0.3 is 39.0 Å². The van der Waals surface area contributed by atoms with Gasteiger partial charge in [0.25, 0.3) is 11.8 Å². The molecule has 1 spiro atoms. The van der Waals surface area contributed by atoms with Crippen molar-refractivity contribution in [2.24, 2.45) is 11.3 Å². The minimum atomic E-state index is -2.33. The zero-order valence-corrected chi connectivity index (χ0v) is 46.0. The molecule has 1 aromatic carbocycles. The smallest absolute Gasteiger partial charge is 0.260 e. The first-order chi connectivity index (χ1) is 35.4. The Kier molecular flexibility index (Phi) is 16.3. The predicted molar refractivity (Wildman–Crippen MR) is 281 cm³/mol. The molecule has 4 aliphatic heterocycles. The second-order valence-corrected chi connectivity index (χ2v) is 23.2. The molecular formula is C56H79F2N9O8. The van der Waals surface area contributed by atoms with Gasteiger partial charge in [-0.25, -0.2) is 14.2 Å². The highest BCUT2D eigenvalue weighted by Gasteiger charge is 2.68. The van der Waals surface area contributed by atoms with E-state index in [0.717, 1.165) is 32.8 Å². The molecule has 0 radical (unpaired) electrons. The minimum absolute atomic E-state index is 0.0381. The number of amides is 3. The summed E-state index contributed by atoms with van der Waals surface area (Å²) in [7, 11) is 6.82. The third-order valence-electron chi connectivity index (χ3n) is 16.5. The van der Waals surface area contributed by atoms with Crippen molar-refractivity contribution in [3.05, 3.63) is 47.5 Å². The number of aromatic nitrogens is 2. The quantitative estimate of drug-likeness (QED) is 0.219. The average molecular weight is 1040 g/mol. The topological polar surface area (TPSA) is 174 Å². The summed E-state index contributed by atoms with van der Waals surface area (Å²) in [5, 5.41) is 16.1. The monoisotopic (exact) mass is 1040 g/mol. The number of carbonyl (C=O) groups excluding carboxylic acids is 4. The van der Waals surface area contributed by atoms with Gasteiger partial charge in [0.1, 0.15) is 29.5 Å². The van der Waals surface area contributed by atoms with Gasteiger partial charge in [-0.15, -0.1) is 0 Å². The minimum Gasteiger partial charge on any atom is -0.375 e. The molecule has 7 atom stereocenters. The number of anilines is 1. The number of aliphatic hydroxyl groups excluding tert-OH is 1. The van der Waals surface area contributed by atoms with E-state index in [1.165, 1.54) is 12.1 Å². The highest BCUT2D eigenvalue weighted by molar-refractivity contribution is 6.11. The zero-order chi connectivity index (χ0) is 54.5. The number of methoxy groups -OCH3 is 1. The van der Waals surface area contributed by atoms with Gasteiger partial charge in [-0.2, -0.15) is 0 Å². The van der Waals surface area contributed by atoms with Gasteiger partial charge in [0.05, 0.1) is 53.6 Å². The number of halogens is 2. The summed E-state index contributed by atoms with van der Waals surface area (Å²) in [5.41, 5.74) is 3.29. The van der Waals surface area contributed by atoms with Gasteiger partial charge in [-0.1, -0.05) is 39.5 Å². The molecule has 2 unspecified atom stereocenters. The van der Waals surface area contributed by atoms with Crippen LogP contribution in [0, 0.1) is 29.0 Å². The predicted octanol–water partition coefficient (Wildman–Crippen LogP) is 5.01. The Bertz CT molecular complexity index is 2710. The van der Waals surface area contributed by atoms with E-state index < -0.39 is 82.1 Å².